The minimum Gasteiger partial charge on any atom is -0.335 e. The van der Waals surface area contributed by atoms with Gasteiger partial charge in [-0.3, -0.25) is 4.90 Å². The Morgan fingerprint density at radius 2 is 1.96 bits per heavy atom. The van der Waals surface area contributed by atoms with Crippen LogP contribution in [0.2, 0.25) is 0 Å². The number of hydrogen-bond donors (Lipinski definition) is 1. The summed E-state index contributed by atoms with van der Waals surface area (Å²) in [5.74, 6) is -0.192. The van der Waals surface area contributed by atoms with Gasteiger partial charge in [-0.1, -0.05) is 25.5 Å². The molecule has 4 nitrogen and oxygen atoms in total. The monoisotopic (exact) mass is 321 g/mol. The number of halogens is 1. The Kier molecular flexibility index (Phi) is 6.84. The number of carbonyl (C=O) groups is 1. The van der Waals surface area contributed by atoms with E-state index >= 15 is 0 Å². The summed E-state index contributed by atoms with van der Waals surface area (Å²) in [6.45, 7) is 5.70. The van der Waals surface area contributed by atoms with E-state index in [9.17, 15) is 9.18 Å². The molecule has 0 bridgehead atoms. The van der Waals surface area contributed by atoms with Crippen molar-refractivity contribution in [2.45, 2.75) is 45.2 Å². The van der Waals surface area contributed by atoms with Gasteiger partial charge >= 0.3 is 6.03 Å². The van der Waals surface area contributed by atoms with Gasteiger partial charge in [-0.05, 0) is 37.0 Å². The third-order valence-corrected chi connectivity index (χ3v) is 4.43. The summed E-state index contributed by atoms with van der Waals surface area (Å²) in [6.07, 6.45) is 4.07. The maximum Gasteiger partial charge on any atom is 0.317 e. The quantitative estimate of drug-likeness (QED) is 0.873. The van der Waals surface area contributed by atoms with Crippen LogP contribution in [-0.4, -0.2) is 48.6 Å². The maximum absolute atomic E-state index is 12.9. The summed E-state index contributed by atoms with van der Waals surface area (Å²) >= 11 is 0. The summed E-state index contributed by atoms with van der Waals surface area (Å²) in [6, 6.07) is 6.99. The molecule has 5 heteroatoms. The Hall–Kier alpha value is -1.62. The summed E-state index contributed by atoms with van der Waals surface area (Å²) in [5.41, 5.74) is 1.13. The van der Waals surface area contributed by atoms with E-state index in [1.807, 2.05) is 19.2 Å². The third kappa shape index (κ3) is 5.82. The smallest absolute Gasteiger partial charge is 0.317 e. The zero-order valence-electron chi connectivity index (χ0n) is 14.2. The first-order valence-electron chi connectivity index (χ1n) is 8.57. The van der Waals surface area contributed by atoms with Crippen molar-refractivity contribution < 1.29 is 9.18 Å². The lowest BCUT2D eigenvalue weighted by atomic mass is 10.0. The van der Waals surface area contributed by atoms with Crippen LogP contribution in [0.3, 0.4) is 0 Å². The van der Waals surface area contributed by atoms with Crippen molar-refractivity contribution in [2.75, 3.05) is 26.7 Å². The molecule has 0 spiro atoms. The molecule has 2 amide bonds. The fourth-order valence-electron chi connectivity index (χ4n) is 2.87. The van der Waals surface area contributed by atoms with Crippen LogP contribution in [0.15, 0.2) is 24.3 Å². The summed E-state index contributed by atoms with van der Waals surface area (Å²) in [5, 5.41) is 3.13. The second kappa shape index (κ2) is 8.87. The first-order valence-corrected chi connectivity index (χ1v) is 8.57. The summed E-state index contributed by atoms with van der Waals surface area (Å²) in [7, 11) is 1.86. The van der Waals surface area contributed by atoms with Crippen molar-refractivity contribution in [1.29, 1.82) is 0 Å². The number of unbranched alkanes of at least 4 members (excludes halogenated alkanes) is 1. The van der Waals surface area contributed by atoms with Crippen LogP contribution in [0.4, 0.5) is 9.18 Å². The lowest BCUT2D eigenvalue weighted by Gasteiger charge is -2.33. The van der Waals surface area contributed by atoms with Crippen LogP contribution in [0, 0.1) is 5.82 Å². The van der Waals surface area contributed by atoms with Gasteiger partial charge in [-0.15, -0.1) is 0 Å². The second-order valence-electron chi connectivity index (χ2n) is 6.40. The number of rotatable bonds is 6. The van der Waals surface area contributed by atoms with Gasteiger partial charge in [0.2, 0.25) is 0 Å². The van der Waals surface area contributed by atoms with Crippen molar-refractivity contribution in [1.82, 2.24) is 15.1 Å². The van der Waals surface area contributed by atoms with Crippen LogP contribution in [-0.2, 0) is 6.54 Å². The standard InChI is InChI=1S/C18H28FN3O/c1-3-4-11-21(2)18(23)20-17-9-12-22(13-10-17)14-15-5-7-16(19)8-6-15/h5-8,17H,3-4,9-14H2,1-2H3,(H,20,23). The van der Waals surface area contributed by atoms with Crippen molar-refractivity contribution in [3.63, 3.8) is 0 Å². The highest BCUT2D eigenvalue weighted by atomic mass is 19.1. The SMILES string of the molecule is CCCCN(C)C(=O)NC1CCN(Cc2ccc(F)cc2)CC1. The van der Waals surface area contributed by atoms with E-state index in [4.69, 9.17) is 0 Å². The molecular formula is C18H28FN3O. The number of nitrogens with one attached hydrogen (secondary N) is 1. The average Bonchev–Trinajstić information content (AvgIpc) is 2.56. The van der Waals surface area contributed by atoms with Gasteiger partial charge in [0, 0.05) is 39.3 Å². The molecule has 1 heterocycles. The van der Waals surface area contributed by atoms with Gasteiger partial charge in [0.05, 0.1) is 0 Å². The van der Waals surface area contributed by atoms with E-state index in [1.54, 1.807) is 4.90 Å². The largest absolute Gasteiger partial charge is 0.335 e. The molecule has 1 N–H and O–H groups in total. The molecule has 0 saturated carbocycles. The number of likely N-dealkylation sites (tertiary alicyclic amines) is 1. The molecule has 0 unspecified atom stereocenters. The van der Waals surface area contributed by atoms with Crippen LogP contribution < -0.4 is 5.32 Å². The lowest BCUT2D eigenvalue weighted by Crippen LogP contribution is -2.48. The van der Waals surface area contributed by atoms with Crippen LogP contribution in [0.25, 0.3) is 0 Å². The molecule has 128 valence electrons. The number of carbonyl (C=O) groups excluding carboxylic acids is 1. The molecule has 1 aliphatic rings. The van der Waals surface area contributed by atoms with Crippen molar-refractivity contribution in [3.05, 3.63) is 35.6 Å². The Morgan fingerprint density at radius 1 is 1.30 bits per heavy atom. The Bertz CT molecular complexity index is 484. The van der Waals surface area contributed by atoms with Crippen molar-refractivity contribution in [2.24, 2.45) is 0 Å². The van der Waals surface area contributed by atoms with Gasteiger partial charge in [0.25, 0.3) is 0 Å². The first kappa shape index (κ1) is 17.7. The minimum absolute atomic E-state index is 0.0374. The van der Waals surface area contributed by atoms with Crippen molar-refractivity contribution >= 4 is 6.03 Å². The van der Waals surface area contributed by atoms with E-state index < -0.39 is 0 Å². The Labute approximate surface area is 138 Å². The molecule has 2 rings (SSSR count). The van der Waals surface area contributed by atoms with Gasteiger partial charge < -0.3 is 10.2 Å². The number of piperidine rings is 1. The Morgan fingerprint density at radius 3 is 2.57 bits per heavy atom. The maximum atomic E-state index is 12.9. The number of nitrogens with zero attached hydrogens (tertiary/aromatic N) is 2. The van der Waals surface area contributed by atoms with Crippen LogP contribution in [0.1, 0.15) is 38.2 Å². The first-order chi connectivity index (χ1) is 11.1. The average molecular weight is 321 g/mol. The molecule has 0 atom stereocenters. The topological polar surface area (TPSA) is 35.6 Å². The van der Waals surface area contributed by atoms with E-state index in [0.29, 0.717) is 0 Å². The molecular weight excluding hydrogens is 293 g/mol. The zero-order chi connectivity index (χ0) is 16.7. The second-order valence-corrected chi connectivity index (χ2v) is 6.40. The number of benzene rings is 1. The molecule has 0 aromatic heterocycles. The number of amides is 2. The van der Waals surface area contributed by atoms with Gasteiger partial charge in [0.1, 0.15) is 5.82 Å². The molecule has 1 aromatic rings. The predicted octanol–water partition coefficient (Wildman–Crippen LogP) is 3.23. The highest BCUT2D eigenvalue weighted by Crippen LogP contribution is 2.14. The molecule has 1 saturated heterocycles. The highest BCUT2D eigenvalue weighted by Gasteiger charge is 2.21. The molecule has 0 radical (unpaired) electrons. The van der Waals surface area contributed by atoms with Crippen LogP contribution in [0.5, 0.6) is 0 Å². The van der Waals surface area contributed by atoms with Crippen LogP contribution >= 0.6 is 0 Å². The van der Waals surface area contributed by atoms with E-state index in [1.165, 1.54) is 12.1 Å². The fraction of sp³-hybridized carbons (Fsp3) is 0.611. The number of urea groups is 1. The zero-order valence-corrected chi connectivity index (χ0v) is 14.2. The Balaban J connectivity index is 1.71. The summed E-state index contributed by atoms with van der Waals surface area (Å²) < 4.78 is 12.9. The summed E-state index contributed by atoms with van der Waals surface area (Å²) in [4.78, 5) is 16.2. The van der Waals surface area contributed by atoms with Gasteiger partial charge in [-0.25, -0.2) is 9.18 Å². The molecule has 23 heavy (non-hydrogen) atoms. The minimum atomic E-state index is -0.192. The lowest BCUT2D eigenvalue weighted by molar-refractivity contribution is 0.174. The predicted molar refractivity (Wildman–Crippen MR) is 90.8 cm³/mol. The third-order valence-electron chi connectivity index (χ3n) is 4.43. The molecule has 1 aliphatic heterocycles. The molecule has 0 aliphatic carbocycles. The molecule has 1 fully saturated rings. The highest BCUT2D eigenvalue weighted by molar-refractivity contribution is 5.74. The molecule has 1 aromatic carbocycles. The van der Waals surface area contributed by atoms with Gasteiger partial charge in [0.15, 0.2) is 0 Å². The van der Waals surface area contributed by atoms with E-state index in [-0.39, 0.29) is 17.9 Å². The van der Waals surface area contributed by atoms with Gasteiger partial charge in [-0.2, -0.15) is 0 Å². The fourth-order valence-corrected chi connectivity index (χ4v) is 2.87. The van der Waals surface area contributed by atoms with E-state index in [0.717, 1.165) is 57.4 Å². The number of hydrogen-bond acceptors (Lipinski definition) is 2. The van der Waals surface area contributed by atoms with E-state index in [2.05, 4.69) is 17.1 Å². The van der Waals surface area contributed by atoms with Crippen molar-refractivity contribution in [3.8, 4) is 0 Å². The normalized spacial score (nSPS) is 16.3.